The largest absolute Gasteiger partial charge is 0.497 e. The third kappa shape index (κ3) is 4.02. The molecule has 1 heterocycles. The Morgan fingerprint density at radius 2 is 2.20 bits per heavy atom. The number of hydrogen-bond donors (Lipinski definition) is 2. The van der Waals surface area contributed by atoms with Gasteiger partial charge in [-0.1, -0.05) is 0 Å². The maximum Gasteiger partial charge on any atom is 0.237 e. The summed E-state index contributed by atoms with van der Waals surface area (Å²) in [5.41, 5.74) is 0.910. The van der Waals surface area contributed by atoms with E-state index in [9.17, 15) is 4.79 Å². The molecular weight excluding hydrogens is 280 g/mol. The molecule has 1 atom stereocenters. The van der Waals surface area contributed by atoms with Gasteiger partial charge in [-0.05, 0) is 37.6 Å². The minimum atomic E-state index is -0.0587. The van der Waals surface area contributed by atoms with Crippen LogP contribution < -0.4 is 20.1 Å². The minimum Gasteiger partial charge on any atom is -0.497 e. The molecule has 0 bridgehead atoms. The molecule has 1 aromatic rings. The molecule has 112 valence electrons. The number of rotatable bonds is 5. The summed E-state index contributed by atoms with van der Waals surface area (Å²) in [5.74, 6) is 1.55. The van der Waals surface area contributed by atoms with Gasteiger partial charge in [0.05, 0.1) is 20.3 Å². The van der Waals surface area contributed by atoms with Crippen LogP contribution >= 0.6 is 12.4 Å². The van der Waals surface area contributed by atoms with E-state index in [-0.39, 0.29) is 24.4 Å². The molecule has 1 saturated heterocycles. The third-order valence-electron chi connectivity index (χ3n) is 3.32. The molecule has 20 heavy (non-hydrogen) atoms. The van der Waals surface area contributed by atoms with Crippen molar-refractivity contribution < 1.29 is 14.3 Å². The lowest BCUT2D eigenvalue weighted by Gasteiger charge is -2.14. The van der Waals surface area contributed by atoms with Crippen LogP contribution in [0.2, 0.25) is 0 Å². The SMILES string of the molecule is COc1ccc(OC)c(CNC(=O)[C@@H]2CCCN2)c1.Cl. The first kappa shape index (κ1) is 16.6. The van der Waals surface area contributed by atoms with Crippen LogP contribution in [0.3, 0.4) is 0 Å². The Morgan fingerprint density at radius 1 is 1.40 bits per heavy atom. The van der Waals surface area contributed by atoms with E-state index < -0.39 is 0 Å². The second-order valence-electron chi connectivity index (χ2n) is 4.54. The zero-order valence-electron chi connectivity index (χ0n) is 11.8. The van der Waals surface area contributed by atoms with Crippen LogP contribution in [-0.2, 0) is 11.3 Å². The number of halogens is 1. The van der Waals surface area contributed by atoms with Gasteiger partial charge in [0.15, 0.2) is 0 Å². The van der Waals surface area contributed by atoms with Crippen molar-refractivity contribution in [3.63, 3.8) is 0 Å². The highest BCUT2D eigenvalue weighted by Crippen LogP contribution is 2.23. The van der Waals surface area contributed by atoms with Crippen molar-refractivity contribution in [1.29, 1.82) is 0 Å². The number of carbonyl (C=O) groups excluding carboxylic acids is 1. The Balaban J connectivity index is 0.00000200. The van der Waals surface area contributed by atoms with Gasteiger partial charge in [-0.15, -0.1) is 12.4 Å². The van der Waals surface area contributed by atoms with Crippen LogP contribution in [0.5, 0.6) is 11.5 Å². The third-order valence-corrected chi connectivity index (χ3v) is 3.32. The number of carbonyl (C=O) groups is 1. The maximum atomic E-state index is 11.9. The average molecular weight is 301 g/mol. The molecule has 1 aromatic carbocycles. The fourth-order valence-corrected chi connectivity index (χ4v) is 2.23. The first-order chi connectivity index (χ1) is 9.24. The van der Waals surface area contributed by atoms with Gasteiger partial charge in [0.1, 0.15) is 11.5 Å². The van der Waals surface area contributed by atoms with Crippen molar-refractivity contribution in [2.75, 3.05) is 20.8 Å². The van der Waals surface area contributed by atoms with E-state index in [1.807, 2.05) is 18.2 Å². The molecule has 0 saturated carbocycles. The van der Waals surface area contributed by atoms with Crippen LogP contribution in [0.25, 0.3) is 0 Å². The Hall–Kier alpha value is -1.46. The summed E-state index contributed by atoms with van der Waals surface area (Å²) >= 11 is 0. The van der Waals surface area contributed by atoms with Crippen LogP contribution in [0.4, 0.5) is 0 Å². The van der Waals surface area contributed by atoms with Crippen molar-refractivity contribution in [1.82, 2.24) is 10.6 Å². The number of amides is 1. The van der Waals surface area contributed by atoms with Crippen LogP contribution in [0, 0.1) is 0 Å². The van der Waals surface area contributed by atoms with Crippen molar-refractivity contribution in [3.05, 3.63) is 23.8 Å². The molecule has 0 radical (unpaired) electrons. The van der Waals surface area contributed by atoms with Crippen LogP contribution in [0.1, 0.15) is 18.4 Å². The minimum absolute atomic E-state index is 0. The standard InChI is InChI=1S/C14H20N2O3.ClH/c1-18-11-5-6-13(19-2)10(8-11)9-16-14(17)12-4-3-7-15-12;/h5-6,8,12,15H,3-4,7,9H2,1-2H3,(H,16,17);1H/t12-;/m0./s1. The Labute approximate surface area is 125 Å². The number of hydrogen-bond acceptors (Lipinski definition) is 4. The van der Waals surface area contributed by atoms with Crippen LogP contribution in [0.15, 0.2) is 18.2 Å². The highest BCUT2D eigenvalue weighted by atomic mass is 35.5. The molecule has 0 spiro atoms. The van der Waals surface area contributed by atoms with Crippen molar-refractivity contribution in [3.8, 4) is 11.5 Å². The van der Waals surface area contributed by atoms with Crippen molar-refractivity contribution in [2.45, 2.75) is 25.4 Å². The summed E-state index contributed by atoms with van der Waals surface area (Å²) in [6.07, 6.45) is 1.96. The second kappa shape index (κ2) is 7.97. The molecule has 1 aliphatic rings. The zero-order chi connectivity index (χ0) is 13.7. The molecule has 0 aromatic heterocycles. The van der Waals surface area contributed by atoms with Crippen LogP contribution in [-0.4, -0.2) is 32.7 Å². The van der Waals surface area contributed by atoms with E-state index in [4.69, 9.17) is 9.47 Å². The predicted octanol–water partition coefficient (Wildman–Crippen LogP) is 1.49. The molecule has 2 rings (SSSR count). The molecule has 5 nitrogen and oxygen atoms in total. The van der Waals surface area contributed by atoms with E-state index in [0.717, 1.165) is 36.4 Å². The molecule has 1 amide bonds. The predicted molar refractivity (Wildman–Crippen MR) is 79.7 cm³/mol. The normalized spacial score (nSPS) is 17.2. The van der Waals surface area contributed by atoms with E-state index in [2.05, 4.69) is 10.6 Å². The molecule has 1 fully saturated rings. The summed E-state index contributed by atoms with van der Waals surface area (Å²) in [6.45, 7) is 1.36. The summed E-state index contributed by atoms with van der Waals surface area (Å²) in [6, 6.07) is 5.49. The number of ether oxygens (including phenoxy) is 2. The van der Waals surface area contributed by atoms with Gasteiger partial charge in [-0.3, -0.25) is 4.79 Å². The lowest BCUT2D eigenvalue weighted by Crippen LogP contribution is -2.40. The number of nitrogens with one attached hydrogen (secondary N) is 2. The molecule has 6 heteroatoms. The Kier molecular flexibility index (Phi) is 6.61. The lowest BCUT2D eigenvalue weighted by atomic mass is 10.1. The van der Waals surface area contributed by atoms with Gasteiger partial charge in [0, 0.05) is 12.1 Å². The summed E-state index contributed by atoms with van der Waals surface area (Å²) < 4.78 is 10.5. The number of benzene rings is 1. The first-order valence-electron chi connectivity index (χ1n) is 6.46. The van der Waals surface area contributed by atoms with Crippen molar-refractivity contribution in [2.24, 2.45) is 0 Å². The fraction of sp³-hybridized carbons (Fsp3) is 0.500. The first-order valence-corrected chi connectivity index (χ1v) is 6.46. The van der Waals surface area contributed by atoms with Gasteiger partial charge in [0.2, 0.25) is 5.91 Å². The zero-order valence-corrected chi connectivity index (χ0v) is 12.6. The highest BCUT2D eigenvalue weighted by Gasteiger charge is 2.21. The maximum absolute atomic E-state index is 11.9. The highest BCUT2D eigenvalue weighted by molar-refractivity contribution is 5.85. The van der Waals surface area contributed by atoms with Crippen molar-refractivity contribution >= 4 is 18.3 Å². The average Bonchev–Trinajstić information content (AvgIpc) is 2.98. The lowest BCUT2D eigenvalue weighted by molar-refractivity contribution is -0.122. The monoisotopic (exact) mass is 300 g/mol. The van der Waals surface area contributed by atoms with Gasteiger partial charge < -0.3 is 20.1 Å². The molecule has 0 unspecified atom stereocenters. The molecule has 0 aliphatic carbocycles. The molecular formula is C14H21ClN2O3. The summed E-state index contributed by atoms with van der Waals surface area (Å²) in [7, 11) is 3.23. The second-order valence-corrected chi connectivity index (χ2v) is 4.54. The van der Waals surface area contributed by atoms with Gasteiger partial charge in [0.25, 0.3) is 0 Å². The van der Waals surface area contributed by atoms with E-state index in [1.54, 1.807) is 14.2 Å². The number of methoxy groups -OCH3 is 2. The van der Waals surface area contributed by atoms with E-state index >= 15 is 0 Å². The summed E-state index contributed by atoms with van der Waals surface area (Å²) in [5, 5.41) is 6.11. The smallest absolute Gasteiger partial charge is 0.237 e. The Bertz CT molecular complexity index is 448. The fourth-order valence-electron chi connectivity index (χ4n) is 2.23. The quantitative estimate of drug-likeness (QED) is 0.865. The summed E-state index contributed by atoms with van der Waals surface area (Å²) in [4.78, 5) is 11.9. The molecule has 2 N–H and O–H groups in total. The Morgan fingerprint density at radius 3 is 2.80 bits per heavy atom. The van der Waals surface area contributed by atoms with Gasteiger partial charge >= 0.3 is 0 Å². The molecule has 1 aliphatic heterocycles. The van der Waals surface area contributed by atoms with Gasteiger partial charge in [-0.25, -0.2) is 0 Å². The van der Waals surface area contributed by atoms with E-state index in [1.165, 1.54) is 0 Å². The van der Waals surface area contributed by atoms with Gasteiger partial charge in [-0.2, -0.15) is 0 Å². The van der Waals surface area contributed by atoms with E-state index in [0.29, 0.717) is 6.54 Å². The topological polar surface area (TPSA) is 59.6 Å².